The molecule has 1 aliphatic heterocycles. The van der Waals surface area contributed by atoms with Gasteiger partial charge in [-0.2, -0.15) is 13.2 Å². The average Bonchev–Trinajstić information content (AvgIpc) is 2.28. The quantitative estimate of drug-likeness (QED) is 0.853. The van der Waals surface area contributed by atoms with Crippen LogP contribution in [0.2, 0.25) is 0 Å². The van der Waals surface area contributed by atoms with E-state index in [0.717, 1.165) is 31.6 Å². The molecule has 1 aromatic rings. The smallest absolute Gasteiger partial charge is 0.392 e. The van der Waals surface area contributed by atoms with Crippen molar-refractivity contribution in [3.05, 3.63) is 23.9 Å². The van der Waals surface area contributed by atoms with Gasteiger partial charge < -0.3 is 10.5 Å². The Kier molecular flexibility index (Phi) is 3.72. The maximum atomic E-state index is 12.3. The third-order valence-corrected chi connectivity index (χ3v) is 2.76. The van der Waals surface area contributed by atoms with Crippen molar-refractivity contribution >= 4 is 5.82 Å². The van der Waals surface area contributed by atoms with Crippen LogP contribution in [0.3, 0.4) is 0 Å². The van der Waals surface area contributed by atoms with E-state index in [1.165, 1.54) is 6.07 Å². The second kappa shape index (κ2) is 5.11. The monoisotopic (exact) mass is 261 g/mol. The number of aliphatic hydroxyl groups is 1. The SMILES string of the molecule is O[C@@H]1CCCN(Nc2ccc(C(F)(F)F)cn2)C1. The maximum absolute atomic E-state index is 12.3. The lowest BCUT2D eigenvalue weighted by Gasteiger charge is -2.30. The zero-order valence-corrected chi connectivity index (χ0v) is 9.61. The molecule has 0 saturated carbocycles. The van der Waals surface area contributed by atoms with Gasteiger partial charge in [0.15, 0.2) is 0 Å². The number of nitrogens with zero attached hydrogens (tertiary/aromatic N) is 2. The van der Waals surface area contributed by atoms with Crippen molar-refractivity contribution in [3.63, 3.8) is 0 Å². The van der Waals surface area contributed by atoms with E-state index in [2.05, 4.69) is 10.4 Å². The number of rotatable bonds is 2. The Morgan fingerprint density at radius 3 is 2.72 bits per heavy atom. The first-order chi connectivity index (χ1) is 8.45. The predicted octanol–water partition coefficient (Wildman–Crippen LogP) is 1.88. The molecule has 0 amide bonds. The van der Waals surface area contributed by atoms with E-state index in [0.29, 0.717) is 12.4 Å². The summed E-state index contributed by atoms with van der Waals surface area (Å²) in [6.07, 6.45) is -2.39. The molecule has 7 heteroatoms. The van der Waals surface area contributed by atoms with E-state index in [1.807, 2.05) is 0 Å². The molecule has 0 bridgehead atoms. The molecule has 4 nitrogen and oxygen atoms in total. The minimum atomic E-state index is -4.37. The summed E-state index contributed by atoms with van der Waals surface area (Å²) < 4.78 is 37.0. The fraction of sp³-hybridized carbons (Fsp3) is 0.545. The topological polar surface area (TPSA) is 48.4 Å². The van der Waals surface area contributed by atoms with E-state index in [-0.39, 0.29) is 0 Å². The molecule has 1 aliphatic rings. The van der Waals surface area contributed by atoms with Gasteiger partial charge in [0, 0.05) is 19.3 Å². The van der Waals surface area contributed by atoms with Gasteiger partial charge in [-0.1, -0.05) is 0 Å². The van der Waals surface area contributed by atoms with Crippen LogP contribution in [-0.4, -0.2) is 34.3 Å². The number of hydrazine groups is 1. The lowest BCUT2D eigenvalue weighted by Crippen LogP contribution is -2.41. The highest BCUT2D eigenvalue weighted by Crippen LogP contribution is 2.28. The van der Waals surface area contributed by atoms with Gasteiger partial charge in [-0.25, -0.2) is 9.99 Å². The maximum Gasteiger partial charge on any atom is 0.417 e. The number of piperidine rings is 1. The molecule has 1 atom stereocenters. The highest BCUT2D eigenvalue weighted by Gasteiger charge is 2.30. The van der Waals surface area contributed by atoms with Crippen molar-refractivity contribution in [1.82, 2.24) is 9.99 Å². The summed E-state index contributed by atoms with van der Waals surface area (Å²) in [5.74, 6) is 0.345. The fourth-order valence-corrected chi connectivity index (χ4v) is 1.85. The minimum absolute atomic E-state index is 0.345. The highest BCUT2D eigenvalue weighted by atomic mass is 19.4. The Bertz CT molecular complexity index is 394. The van der Waals surface area contributed by atoms with E-state index in [9.17, 15) is 18.3 Å². The predicted molar refractivity (Wildman–Crippen MR) is 59.7 cm³/mol. The number of anilines is 1. The molecule has 0 aromatic carbocycles. The molecule has 100 valence electrons. The van der Waals surface area contributed by atoms with Gasteiger partial charge >= 0.3 is 6.18 Å². The molecule has 0 aliphatic carbocycles. The van der Waals surface area contributed by atoms with Crippen LogP contribution in [0.4, 0.5) is 19.0 Å². The molecule has 1 aromatic heterocycles. The molecular weight excluding hydrogens is 247 g/mol. The van der Waals surface area contributed by atoms with Crippen molar-refractivity contribution in [1.29, 1.82) is 0 Å². The summed E-state index contributed by atoms with van der Waals surface area (Å²) in [6.45, 7) is 1.18. The molecule has 0 spiro atoms. The van der Waals surface area contributed by atoms with Crippen LogP contribution < -0.4 is 5.43 Å². The number of halogens is 3. The van der Waals surface area contributed by atoms with Crippen molar-refractivity contribution in [2.45, 2.75) is 25.1 Å². The largest absolute Gasteiger partial charge is 0.417 e. The Balaban J connectivity index is 1.98. The van der Waals surface area contributed by atoms with Crippen LogP contribution in [-0.2, 0) is 6.18 Å². The number of β-amino-alcohol motifs (C(OH)–C–C–N with tert-alkyl or cyclic N) is 1. The van der Waals surface area contributed by atoms with Crippen LogP contribution >= 0.6 is 0 Å². The zero-order valence-electron chi connectivity index (χ0n) is 9.61. The molecule has 2 rings (SSSR count). The van der Waals surface area contributed by atoms with Crippen molar-refractivity contribution in [3.8, 4) is 0 Å². The molecule has 0 unspecified atom stereocenters. The Labute approximate surface area is 102 Å². The summed E-state index contributed by atoms with van der Waals surface area (Å²) >= 11 is 0. The summed E-state index contributed by atoms with van der Waals surface area (Å²) in [5.41, 5.74) is 2.11. The number of pyridine rings is 1. The summed E-state index contributed by atoms with van der Waals surface area (Å²) in [7, 11) is 0. The molecule has 18 heavy (non-hydrogen) atoms. The van der Waals surface area contributed by atoms with E-state index < -0.39 is 17.8 Å². The number of aliphatic hydroxyl groups excluding tert-OH is 1. The van der Waals surface area contributed by atoms with Gasteiger partial charge in [0.1, 0.15) is 5.82 Å². The van der Waals surface area contributed by atoms with Gasteiger partial charge in [0.25, 0.3) is 0 Å². The fourth-order valence-electron chi connectivity index (χ4n) is 1.85. The first-order valence-corrected chi connectivity index (χ1v) is 5.68. The third-order valence-electron chi connectivity index (χ3n) is 2.76. The Hall–Kier alpha value is -1.34. The first kappa shape index (κ1) is 13.1. The van der Waals surface area contributed by atoms with Gasteiger partial charge in [-0.05, 0) is 25.0 Å². The van der Waals surface area contributed by atoms with E-state index in [4.69, 9.17) is 0 Å². The van der Waals surface area contributed by atoms with Gasteiger partial charge in [-0.15, -0.1) is 0 Å². The molecule has 0 radical (unpaired) electrons. The molecule has 1 saturated heterocycles. The minimum Gasteiger partial charge on any atom is -0.392 e. The summed E-state index contributed by atoms with van der Waals surface area (Å²) in [6, 6.07) is 2.26. The van der Waals surface area contributed by atoms with E-state index in [1.54, 1.807) is 5.01 Å². The standard InChI is InChI=1S/C11H14F3N3O/c12-11(13,14)8-3-4-10(15-6-8)16-17-5-1-2-9(18)7-17/h3-4,6,9,18H,1-2,5,7H2,(H,15,16)/t9-/m1/s1. The van der Waals surface area contributed by atoms with E-state index >= 15 is 0 Å². The number of hydrogen-bond donors (Lipinski definition) is 2. The van der Waals surface area contributed by atoms with Crippen LogP contribution in [0, 0.1) is 0 Å². The first-order valence-electron chi connectivity index (χ1n) is 5.68. The second-order valence-corrected chi connectivity index (χ2v) is 4.28. The summed E-state index contributed by atoms with van der Waals surface area (Å²) in [4.78, 5) is 3.71. The zero-order chi connectivity index (χ0) is 13.2. The molecule has 1 fully saturated rings. The van der Waals surface area contributed by atoms with Crippen molar-refractivity contribution in [2.75, 3.05) is 18.5 Å². The number of hydrogen-bond acceptors (Lipinski definition) is 4. The lowest BCUT2D eigenvalue weighted by atomic mass is 10.1. The Morgan fingerprint density at radius 1 is 1.39 bits per heavy atom. The lowest BCUT2D eigenvalue weighted by molar-refractivity contribution is -0.137. The molecule has 2 N–H and O–H groups in total. The second-order valence-electron chi connectivity index (χ2n) is 4.28. The van der Waals surface area contributed by atoms with Crippen LogP contribution in [0.15, 0.2) is 18.3 Å². The van der Waals surface area contributed by atoms with Gasteiger partial charge in [0.2, 0.25) is 0 Å². The number of aromatic nitrogens is 1. The van der Waals surface area contributed by atoms with Gasteiger partial charge in [-0.3, -0.25) is 0 Å². The third kappa shape index (κ3) is 3.33. The Morgan fingerprint density at radius 2 is 2.17 bits per heavy atom. The molecular formula is C11H14F3N3O. The summed E-state index contributed by atoms with van der Waals surface area (Å²) in [5, 5.41) is 11.2. The number of alkyl halides is 3. The molecule has 2 heterocycles. The number of nitrogens with one attached hydrogen (secondary N) is 1. The van der Waals surface area contributed by atoms with Crippen molar-refractivity contribution < 1.29 is 18.3 Å². The van der Waals surface area contributed by atoms with Crippen LogP contribution in [0.1, 0.15) is 18.4 Å². The highest BCUT2D eigenvalue weighted by molar-refractivity contribution is 5.35. The van der Waals surface area contributed by atoms with Crippen LogP contribution in [0.25, 0.3) is 0 Å². The average molecular weight is 261 g/mol. The van der Waals surface area contributed by atoms with Crippen LogP contribution in [0.5, 0.6) is 0 Å². The van der Waals surface area contributed by atoms with Gasteiger partial charge in [0.05, 0.1) is 11.7 Å². The van der Waals surface area contributed by atoms with Crippen molar-refractivity contribution in [2.24, 2.45) is 0 Å². The normalized spacial score (nSPS) is 21.9.